The van der Waals surface area contributed by atoms with Crippen LogP contribution < -0.4 is 5.63 Å². The summed E-state index contributed by atoms with van der Waals surface area (Å²) in [4.78, 5) is 11.6. The summed E-state index contributed by atoms with van der Waals surface area (Å²) in [6.45, 7) is 0. The average Bonchev–Trinajstić information content (AvgIpc) is 2.95. The van der Waals surface area contributed by atoms with E-state index in [-0.39, 0.29) is 5.63 Å². The summed E-state index contributed by atoms with van der Waals surface area (Å²) >= 11 is 3.43. The molecule has 4 heteroatoms. The van der Waals surface area contributed by atoms with E-state index in [0.29, 0.717) is 16.5 Å². The van der Waals surface area contributed by atoms with Gasteiger partial charge in [0.25, 0.3) is 0 Å². The Hall–Kier alpha value is -2.33. The van der Waals surface area contributed by atoms with E-state index in [1.165, 1.54) is 6.07 Å². The van der Waals surface area contributed by atoms with Crippen molar-refractivity contribution >= 4 is 37.9 Å². The number of alkyl halides is 1. The molecule has 108 valence electrons. The molecule has 2 heterocycles. The Morgan fingerprint density at radius 3 is 2.55 bits per heavy atom. The summed E-state index contributed by atoms with van der Waals surface area (Å²) in [6, 6.07) is 15.4. The molecule has 22 heavy (non-hydrogen) atoms. The predicted molar refractivity (Wildman–Crippen MR) is 90.3 cm³/mol. The molecule has 0 aliphatic heterocycles. The van der Waals surface area contributed by atoms with Gasteiger partial charge in [-0.05, 0) is 17.2 Å². The lowest BCUT2D eigenvalue weighted by atomic mass is 10.0. The van der Waals surface area contributed by atoms with Gasteiger partial charge in [0.05, 0.1) is 6.26 Å². The van der Waals surface area contributed by atoms with Crippen molar-refractivity contribution in [3.05, 3.63) is 70.8 Å². The quantitative estimate of drug-likeness (QED) is 0.371. The molecule has 0 N–H and O–H groups in total. The number of hydrogen-bond donors (Lipinski definition) is 0. The van der Waals surface area contributed by atoms with Crippen molar-refractivity contribution < 1.29 is 8.83 Å². The van der Waals surface area contributed by atoms with Crippen LogP contribution in [0.4, 0.5) is 0 Å². The minimum Gasteiger partial charge on any atom is -0.464 e. The molecule has 0 saturated carbocycles. The van der Waals surface area contributed by atoms with E-state index in [1.54, 1.807) is 12.3 Å². The summed E-state index contributed by atoms with van der Waals surface area (Å²) in [5.74, 6) is 0. The first-order chi connectivity index (χ1) is 10.8. The van der Waals surface area contributed by atoms with Crippen molar-refractivity contribution in [2.75, 3.05) is 0 Å². The van der Waals surface area contributed by atoms with Gasteiger partial charge in [-0.2, -0.15) is 0 Å². The highest BCUT2D eigenvalue weighted by Crippen LogP contribution is 2.34. The van der Waals surface area contributed by atoms with Crippen LogP contribution in [-0.2, 0) is 5.33 Å². The summed E-state index contributed by atoms with van der Waals surface area (Å²) in [5.41, 5.74) is 3.94. The van der Waals surface area contributed by atoms with Crippen molar-refractivity contribution in [1.82, 2.24) is 0 Å². The first-order valence-corrected chi connectivity index (χ1v) is 7.98. The zero-order valence-electron chi connectivity index (χ0n) is 11.5. The minimum atomic E-state index is -0.351. The van der Waals surface area contributed by atoms with Crippen LogP contribution >= 0.6 is 15.9 Å². The van der Waals surface area contributed by atoms with Gasteiger partial charge in [0.15, 0.2) is 0 Å². The van der Waals surface area contributed by atoms with Crippen molar-refractivity contribution in [3.8, 4) is 11.1 Å². The Kier molecular flexibility index (Phi) is 3.12. The van der Waals surface area contributed by atoms with Gasteiger partial charge in [-0.15, -0.1) is 0 Å². The van der Waals surface area contributed by atoms with Gasteiger partial charge in [0, 0.05) is 33.8 Å². The second kappa shape index (κ2) is 5.14. The third-order valence-electron chi connectivity index (χ3n) is 3.75. The maximum atomic E-state index is 11.6. The Bertz CT molecular complexity index is 1030. The zero-order valence-corrected chi connectivity index (χ0v) is 13.1. The lowest BCUT2D eigenvalue weighted by molar-refractivity contribution is 0.558. The SMILES string of the molecule is O=c1cc(CBr)c2cc3c(-c4ccccc4)coc3cc2o1. The number of furan rings is 1. The molecular weight excluding hydrogens is 344 g/mol. The number of hydrogen-bond acceptors (Lipinski definition) is 3. The van der Waals surface area contributed by atoms with Gasteiger partial charge < -0.3 is 8.83 Å². The first-order valence-electron chi connectivity index (χ1n) is 6.85. The van der Waals surface area contributed by atoms with E-state index in [1.807, 2.05) is 36.4 Å². The highest BCUT2D eigenvalue weighted by molar-refractivity contribution is 9.08. The van der Waals surface area contributed by atoms with Crippen LogP contribution in [0, 0.1) is 0 Å². The normalized spacial score (nSPS) is 11.3. The molecule has 0 saturated heterocycles. The molecule has 4 aromatic rings. The van der Waals surface area contributed by atoms with Crippen LogP contribution in [0.5, 0.6) is 0 Å². The van der Waals surface area contributed by atoms with Crippen LogP contribution in [0.2, 0.25) is 0 Å². The highest BCUT2D eigenvalue weighted by Gasteiger charge is 2.12. The molecule has 3 nitrogen and oxygen atoms in total. The summed E-state index contributed by atoms with van der Waals surface area (Å²) in [6.07, 6.45) is 1.74. The third kappa shape index (κ3) is 2.07. The van der Waals surface area contributed by atoms with Crippen molar-refractivity contribution in [3.63, 3.8) is 0 Å². The number of rotatable bonds is 2. The third-order valence-corrected chi connectivity index (χ3v) is 4.36. The van der Waals surface area contributed by atoms with Gasteiger partial charge in [0.1, 0.15) is 11.2 Å². The maximum absolute atomic E-state index is 11.6. The number of benzene rings is 2. The summed E-state index contributed by atoms with van der Waals surface area (Å²) in [7, 11) is 0. The molecule has 0 unspecified atom stereocenters. The molecule has 2 aromatic carbocycles. The van der Waals surface area contributed by atoms with Gasteiger partial charge in [-0.1, -0.05) is 46.3 Å². The van der Waals surface area contributed by atoms with E-state index in [9.17, 15) is 4.79 Å². The average molecular weight is 355 g/mol. The fraction of sp³-hybridized carbons (Fsp3) is 0.0556. The Labute approximate surface area is 134 Å². The Morgan fingerprint density at radius 2 is 1.77 bits per heavy atom. The van der Waals surface area contributed by atoms with E-state index < -0.39 is 0 Å². The van der Waals surface area contributed by atoms with Gasteiger partial charge in [0.2, 0.25) is 0 Å². The highest BCUT2D eigenvalue weighted by atomic mass is 79.9. The smallest absolute Gasteiger partial charge is 0.336 e. The first kappa shape index (κ1) is 13.3. The van der Waals surface area contributed by atoms with Crippen LogP contribution in [0.1, 0.15) is 5.56 Å². The van der Waals surface area contributed by atoms with Crippen molar-refractivity contribution in [1.29, 1.82) is 0 Å². The van der Waals surface area contributed by atoms with Crippen LogP contribution in [0.25, 0.3) is 33.1 Å². The van der Waals surface area contributed by atoms with Crippen LogP contribution in [0.3, 0.4) is 0 Å². The monoisotopic (exact) mass is 354 g/mol. The standard InChI is InChI=1S/C18H11BrO3/c19-9-12-6-18(20)22-17-8-16-14(7-13(12)17)15(10-21-16)11-4-2-1-3-5-11/h1-8,10H,9H2. The van der Waals surface area contributed by atoms with E-state index in [4.69, 9.17) is 8.83 Å². The lowest BCUT2D eigenvalue weighted by Crippen LogP contribution is -1.99. The number of fused-ring (bicyclic) bond motifs is 2. The fourth-order valence-electron chi connectivity index (χ4n) is 2.70. The molecule has 0 aliphatic carbocycles. The minimum absolute atomic E-state index is 0.351. The van der Waals surface area contributed by atoms with E-state index in [2.05, 4.69) is 15.9 Å². The second-order valence-electron chi connectivity index (χ2n) is 5.08. The van der Waals surface area contributed by atoms with Crippen molar-refractivity contribution in [2.45, 2.75) is 5.33 Å². The molecule has 0 amide bonds. The van der Waals surface area contributed by atoms with E-state index in [0.717, 1.165) is 27.5 Å². The topological polar surface area (TPSA) is 43.4 Å². The van der Waals surface area contributed by atoms with Gasteiger partial charge >= 0.3 is 5.63 Å². The molecule has 0 radical (unpaired) electrons. The van der Waals surface area contributed by atoms with Gasteiger partial charge in [-0.3, -0.25) is 0 Å². The fourth-order valence-corrected chi connectivity index (χ4v) is 3.16. The molecule has 0 spiro atoms. The molecular formula is C18H11BrO3. The van der Waals surface area contributed by atoms with Crippen molar-refractivity contribution in [2.24, 2.45) is 0 Å². The van der Waals surface area contributed by atoms with Crippen LogP contribution in [0.15, 0.2) is 68.4 Å². The molecule has 0 bridgehead atoms. The summed E-state index contributed by atoms with van der Waals surface area (Å²) < 4.78 is 10.9. The zero-order chi connectivity index (χ0) is 15.1. The van der Waals surface area contributed by atoms with Crippen LogP contribution in [-0.4, -0.2) is 0 Å². The Morgan fingerprint density at radius 1 is 0.955 bits per heavy atom. The second-order valence-corrected chi connectivity index (χ2v) is 5.64. The summed E-state index contributed by atoms with van der Waals surface area (Å²) in [5, 5.41) is 2.52. The number of halogens is 1. The van der Waals surface area contributed by atoms with Gasteiger partial charge in [-0.25, -0.2) is 4.79 Å². The molecule has 0 atom stereocenters. The Balaban J connectivity index is 2.07. The van der Waals surface area contributed by atoms with E-state index >= 15 is 0 Å². The maximum Gasteiger partial charge on any atom is 0.336 e. The molecule has 2 aromatic heterocycles. The lowest BCUT2D eigenvalue weighted by Gasteiger charge is -2.03. The molecule has 0 fully saturated rings. The molecule has 4 rings (SSSR count). The largest absolute Gasteiger partial charge is 0.464 e. The molecule has 0 aliphatic rings. The predicted octanol–water partition coefficient (Wildman–Crippen LogP) is 5.10.